The van der Waals surface area contributed by atoms with Crippen LogP contribution in [0.1, 0.15) is 24.0 Å². The first kappa shape index (κ1) is 15.7. The third kappa shape index (κ3) is 4.67. The van der Waals surface area contributed by atoms with Gasteiger partial charge in [-0.05, 0) is 38.4 Å². The zero-order chi connectivity index (χ0) is 15.2. The maximum atomic E-state index is 12.2. The minimum atomic E-state index is 0.139. The number of piperidine rings is 1. The van der Waals surface area contributed by atoms with Crippen LogP contribution in [0.4, 0.5) is 0 Å². The van der Waals surface area contributed by atoms with Crippen LogP contribution in [-0.4, -0.2) is 48.7 Å². The summed E-state index contributed by atoms with van der Waals surface area (Å²) >= 11 is 0. The van der Waals surface area contributed by atoms with Crippen molar-refractivity contribution >= 4 is 12.2 Å². The highest BCUT2D eigenvalue weighted by molar-refractivity contribution is 5.78. The lowest BCUT2D eigenvalue weighted by molar-refractivity contribution is -0.132. The van der Waals surface area contributed by atoms with Gasteiger partial charge in [0, 0.05) is 19.5 Å². The zero-order valence-electron chi connectivity index (χ0n) is 12.9. The Kier molecular flexibility index (Phi) is 5.51. The summed E-state index contributed by atoms with van der Waals surface area (Å²) in [5, 5.41) is 0. The molecule has 1 amide bonds. The fraction of sp³-hybridized carbons (Fsp3) is 0.529. The summed E-state index contributed by atoms with van der Waals surface area (Å²) in [5.74, 6) is 0.321. The minimum Gasteiger partial charge on any atom is -0.340 e. The molecule has 0 bridgehead atoms. The quantitative estimate of drug-likeness (QED) is 0.777. The lowest BCUT2D eigenvalue weighted by Crippen LogP contribution is -2.42. The van der Waals surface area contributed by atoms with Crippen molar-refractivity contribution in [2.75, 3.05) is 26.7 Å². The van der Waals surface area contributed by atoms with E-state index in [0.717, 1.165) is 37.8 Å². The molecule has 0 atom stereocenters. The van der Waals surface area contributed by atoms with Crippen LogP contribution in [0.25, 0.3) is 0 Å². The van der Waals surface area contributed by atoms with Gasteiger partial charge in [-0.15, -0.1) is 0 Å². The van der Waals surface area contributed by atoms with Crippen molar-refractivity contribution in [2.45, 2.75) is 26.3 Å². The molecule has 4 heteroatoms. The van der Waals surface area contributed by atoms with Gasteiger partial charge in [0.2, 0.25) is 5.91 Å². The predicted molar refractivity (Wildman–Crippen MR) is 82.9 cm³/mol. The van der Waals surface area contributed by atoms with E-state index in [1.165, 1.54) is 5.56 Å². The second kappa shape index (κ2) is 7.36. The number of amides is 1. The molecule has 0 N–H and O–H groups in total. The third-order valence-electron chi connectivity index (χ3n) is 4.15. The Labute approximate surface area is 126 Å². The van der Waals surface area contributed by atoms with Crippen molar-refractivity contribution in [2.24, 2.45) is 5.92 Å². The number of nitrogens with zero attached hydrogens (tertiary/aromatic N) is 2. The lowest BCUT2D eigenvalue weighted by Gasteiger charge is -2.30. The van der Waals surface area contributed by atoms with Crippen LogP contribution in [-0.2, 0) is 16.1 Å². The number of aldehydes is 1. The highest BCUT2D eigenvalue weighted by atomic mass is 16.2. The number of carbonyl (C=O) groups is 2. The average molecular weight is 288 g/mol. The molecule has 0 saturated carbocycles. The van der Waals surface area contributed by atoms with E-state index < -0.39 is 0 Å². The second-order valence-corrected chi connectivity index (χ2v) is 5.99. The van der Waals surface area contributed by atoms with Gasteiger partial charge < -0.3 is 9.69 Å². The monoisotopic (exact) mass is 288 g/mol. The molecule has 0 aliphatic carbocycles. The summed E-state index contributed by atoms with van der Waals surface area (Å²) in [6.07, 6.45) is 2.79. The van der Waals surface area contributed by atoms with Crippen LogP contribution in [0, 0.1) is 12.8 Å². The van der Waals surface area contributed by atoms with Crippen molar-refractivity contribution in [3.05, 3.63) is 35.4 Å². The topological polar surface area (TPSA) is 40.6 Å². The van der Waals surface area contributed by atoms with Crippen LogP contribution in [0.3, 0.4) is 0 Å². The summed E-state index contributed by atoms with van der Waals surface area (Å²) in [6, 6.07) is 8.26. The van der Waals surface area contributed by atoms with Gasteiger partial charge in [0.25, 0.3) is 0 Å². The van der Waals surface area contributed by atoms with E-state index >= 15 is 0 Å². The minimum absolute atomic E-state index is 0.139. The lowest BCUT2D eigenvalue weighted by atomic mass is 9.99. The van der Waals surface area contributed by atoms with Gasteiger partial charge in [0.05, 0.1) is 6.54 Å². The Morgan fingerprint density at radius 2 is 1.90 bits per heavy atom. The van der Waals surface area contributed by atoms with Crippen molar-refractivity contribution < 1.29 is 9.59 Å². The first-order valence-electron chi connectivity index (χ1n) is 7.55. The van der Waals surface area contributed by atoms with Gasteiger partial charge in [-0.25, -0.2) is 0 Å². The highest BCUT2D eigenvalue weighted by Crippen LogP contribution is 2.15. The Morgan fingerprint density at radius 1 is 1.29 bits per heavy atom. The van der Waals surface area contributed by atoms with Gasteiger partial charge in [-0.2, -0.15) is 0 Å². The molecule has 114 valence electrons. The fourth-order valence-corrected chi connectivity index (χ4v) is 2.61. The zero-order valence-corrected chi connectivity index (χ0v) is 12.9. The normalized spacial score (nSPS) is 16.7. The number of benzene rings is 1. The van der Waals surface area contributed by atoms with Crippen molar-refractivity contribution in [1.29, 1.82) is 0 Å². The molecule has 0 radical (unpaired) electrons. The molecule has 1 aromatic carbocycles. The molecule has 0 spiro atoms. The van der Waals surface area contributed by atoms with E-state index in [2.05, 4.69) is 36.1 Å². The summed E-state index contributed by atoms with van der Waals surface area (Å²) in [4.78, 5) is 26.9. The number of hydrogen-bond donors (Lipinski definition) is 0. The van der Waals surface area contributed by atoms with Crippen molar-refractivity contribution in [3.8, 4) is 0 Å². The Balaban J connectivity index is 1.80. The molecule has 0 unspecified atom stereocenters. The molecule has 1 aliphatic heterocycles. The number of hydrogen-bond acceptors (Lipinski definition) is 3. The van der Waals surface area contributed by atoms with Crippen LogP contribution < -0.4 is 0 Å². The molecule has 0 aromatic heterocycles. The molecule has 1 fully saturated rings. The SMILES string of the molecule is Cc1ccc(CN(C)C(=O)CN2CCC(C=O)CC2)cc1. The number of aryl methyl sites for hydroxylation is 1. The Bertz CT molecular complexity index is 476. The van der Waals surface area contributed by atoms with Gasteiger partial charge in [0.1, 0.15) is 6.29 Å². The van der Waals surface area contributed by atoms with E-state index in [1.54, 1.807) is 4.90 Å². The number of likely N-dealkylation sites (tertiary alicyclic amines) is 1. The van der Waals surface area contributed by atoms with E-state index in [1.807, 2.05) is 7.05 Å². The van der Waals surface area contributed by atoms with Gasteiger partial charge in [0.15, 0.2) is 0 Å². The van der Waals surface area contributed by atoms with E-state index in [-0.39, 0.29) is 11.8 Å². The molecule has 2 rings (SSSR count). The fourth-order valence-electron chi connectivity index (χ4n) is 2.61. The van der Waals surface area contributed by atoms with E-state index in [0.29, 0.717) is 13.1 Å². The number of likely N-dealkylation sites (N-methyl/N-ethyl adjacent to an activating group) is 1. The second-order valence-electron chi connectivity index (χ2n) is 5.99. The summed E-state index contributed by atoms with van der Waals surface area (Å²) in [7, 11) is 1.85. The molecular formula is C17H24N2O2. The van der Waals surface area contributed by atoms with E-state index in [4.69, 9.17) is 0 Å². The van der Waals surface area contributed by atoms with Gasteiger partial charge >= 0.3 is 0 Å². The van der Waals surface area contributed by atoms with Crippen molar-refractivity contribution in [3.63, 3.8) is 0 Å². The molecule has 21 heavy (non-hydrogen) atoms. The van der Waals surface area contributed by atoms with Gasteiger partial charge in [-0.3, -0.25) is 9.69 Å². The molecule has 1 aromatic rings. The van der Waals surface area contributed by atoms with Gasteiger partial charge in [-0.1, -0.05) is 29.8 Å². The largest absolute Gasteiger partial charge is 0.340 e. The number of rotatable bonds is 5. The van der Waals surface area contributed by atoms with Crippen LogP contribution in [0.5, 0.6) is 0 Å². The smallest absolute Gasteiger partial charge is 0.236 e. The molecular weight excluding hydrogens is 264 g/mol. The summed E-state index contributed by atoms with van der Waals surface area (Å²) in [6.45, 7) is 4.83. The Morgan fingerprint density at radius 3 is 2.48 bits per heavy atom. The third-order valence-corrected chi connectivity index (χ3v) is 4.15. The molecule has 1 aliphatic rings. The van der Waals surface area contributed by atoms with Crippen LogP contribution in [0.15, 0.2) is 24.3 Å². The predicted octanol–water partition coefficient (Wildman–Crippen LogP) is 1.86. The summed E-state index contributed by atoms with van der Waals surface area (Å²) < 4.78 is 0. The first-order chi connectivity index (χ1) is 10.1. The molecule has 1 heterocycles. The van der Waals surface area contributed by atoms with E-state index in [9.17, 15) is 9.59 Å². The highest BCUT2D eigenvalue weighted by Gasteiger charge is 2.21. The van der Waals surface area contributed by atoms with Crippen molar-refractivity contribution in [1.82, 2.24) is 9.80 Å². The first-order valence-corrected chi connectivity index (χ1v) is 7.55. The summed E-state index contributed by atoms with van der Waals surface area (Å²) in [5.41, 5.74) is 2.38. The number of carbonyl (C=O) groups excluding carboxylic acids is 2. The average Bonchev–Trinajstić information content (AvgIpc) is 2.50. The Hall–Kier alpha value is -1.68. The molecule has 4 nitrogen and oxygen atoms in total. The standard InChI is InChI=1S/C17H24N2O2/c1-14-3-5-15(6-4-14)11-18(2)17(21)12-19-9-7-16(13-20)8-10-19/h3-6,13,16H,7-12H2,1-2H3. The van der Waals surface area contributed by atoms with Crippen LogP contribution in [0.2, 0.25) is 0 Å². The van der Waals surface area contributed by atoms with Crippen LogP contribution >= 0.6 is 0 Å². The maximum Gasteiger partial charge on any atom is 0.236 e. The molecule has 1 saturated heterocycles. The maximum absolute atomic E-state index is 12.2.